The van der Waals surface area contributed by atoms with Gasteiger partial charge in [-0.15, -0.1) is 0 Å². The summed E-state index contributed by atoms with van der Waals surface area (Å²) >= 11 is 0. The molecule has 12 heavy (non-hydrogen) atoms. The van der Waals surface area contributed by atoms with E-state index in [1.54, 1.807) is 6.20 Å². The molecule has 1 aromatic rings. The molecule has 0 spiro atoms. The van der Waals surface area contributed by atoms with Crippen LogP contribution in [0.5, 0.6) is 0 Å². The number of H-pyrrole nitrogens is 1. The molecule has 4 heteroatoms. The molecular formula is C8H13N3O. The molecule has 1 saturated heterocycles. The first-order valence-corrected chi connectivity index (χ1v) is 4.09. The van der Waals surface area contributed by atoms with Crippen LogP contribution in [0.3, 0.4) is 0 Å². The van der Waals surface area contributed by atoms with Crippen LogP contribution >= 0.6 is 0 Å². The number of nitrogens with zero attached hydrogens (tertiary/aromatic N) is 1. The van der Waals surface area contributed by atoms with Crippen molar-refractivity contribution in [2.24, 2.45) is 5.73 Å². The van der Waals surface area contributed by atoms with Gasteiger partial charge in [0.05, 0.1) is 6.61 Å². The number of nitrogens with two attached hydrogens (primary N) is 1. The first-order chi connectivity index (χ1) is 5.71. The zero-order valence-corrected chi connectivity index (χ0v) is 7.13. The molecule has 1 aromatic heterocycles. The zero-order chi connectivity index (χ0) is 8.60. The van der Waals surface area contributed by atoms with Crippen molar-refractivity contribution < 1.29 is 4.74 Å². The Balaban J connectivity index is 2.28. The van der Waals surface area contributed by atoms with Crippen molar-refractivity contribution in [3.05, 3.63) is 17.7 Å². The van der Waals surface area contributed by atoms with Crippen LogP contribution in [0, 0.1) is 6.92 Å². The van der Waals surface area contributed by atoms with Gasteiger partial charge in [0, 0.05) is 18.5 Å². The van der Waals surface area contributed by atoms with Crippen LogP contribution in [0.15, 0.2) is 6.20 Å². The lowest BCUT2D eigenvalue weighted by molar-refractivity contribution is 0.176. The van der Waals surface area contributed by atoms with Crippen LogP contribution in [0.1, 0.15) is 17.9 Å². The summed E-state index contributed by atoms with van der Waals surface area (Å²) in [5, 5.41) is 0. The number of aromatic amines is 1. The molecule has 1 aliphatic heterocycles. The fraction of sp³-hybridized carbons (Fsp3) is 0.625. The monoisotopic (exact) mass is 167 g/mol. The van der Waals surface area contributed by atoms with E-state index in [1.807, 2.05) is 6.92 Å². The van der Waals surface area contributed by atoms with Crippen LogP contribution < -0.4 is 5.73 Å². The van der Waals surface area contributed by atoms with Crippen molar-refractivity contribution in [3.8, 4) is 0 Å². The van der Waals surface area contributed by atoms with Crippen LogP contribution in [-0.4, -0.2) is 23.2 Å². The highest BCUT2D eigenvalue weighted by Crippen LogP contribution is 2.24. The molecule has 1 fully saturated rings. The predicted molar refractivity (Wildman–Crippen MR) is 44.6 cm³/mol. The topological polar surface area (TPSA) is 63.9 Å². The third kappa shape index (κ3) is 1.13. The molecule has 2 rings (SSSR count). The van der Waals surface area contributed by atoms with E-state index in [0.29, 0.717) is 6.61 Å². The van der Waals surface area contributed by atoms with Gasteiger partial charge in [0.2, 0.25) is 0 Å². The lowest BCUT2D eigenvalue weighted by Crippen LogP contribution is -2.38. The molecule has 1 atom stereocenters. The molecule has 1 unspecified atom stereocenters. The van der Waals surface area contributed by atoms with Gasteiger partial charge in [-0.1, -0.05) is 0 Å². The first kappa shape index (κ1) is 7.76. The highest BCUT2D eigenvalue weighted by Gasteiger charge is 2.34. The van der Waals surface area contributed by atoms with Gasteiger partial charge in [-0.2, -0.15) is 0 Å². The normalized spacial score (nSPS) is 29.5. The van der Waals surface area contributed by atoms with E-state index < -0.39 is 0 Å². The number of hydrogen-bond acceptors (Lipinski definition) is 3. The number of aryl methyl sites for hydroxylation is 1. The molecule has 2 heterocycles. The highest BCUT2D eigenvalue weighted by atomic mass is 16.5. The minimum atomic E-state index is -0.381. The van der Waals surface area contributed by atoms with Gasteiger partial charge >= 0.3 is 0 Å². The van der Waals surface area contributed by atoms with Gasteiger partial charge in [-0.25, -0.2) is 4.98 Å². The predicted octanol–water partition coefficient (Wildman–Crippen LogP) is 0.292. The third-order valence-electron chi connectivity index (χ3n) is 2.23. The Morgan fingerprint density at radius 3 is 3.08 bits per heavy atom. The Hall–Kier alpha value is -0.870. The van der Waals surface area contributed by atoms with Gasteiger partial charge in [-0.3, -0.25) is 0 Å². The van der Waals surface area contributed by atoms with Crippen molar-refractivity contribution in [1.82, 2.24) is 9.97 Å². The average molecular weight is 167 g/mol. The summed E-state index contributed by atoms with van der Waals surface area (Å²) in [7, 11) is 0. The second-order valence-corrected chi connectivity index (χ2v) is 3.37. The summed E-state index contributed by atoms with van der Waals surface area (Å²) < 4.78 is 5.24. The lowest BCUT2D eigenvalue weighted by atomic mass is 10.00. The average Bonchev–Trinajstić information content (AvgIpc) is 2.59. The molecular weight excluding hydrogens is 154 g/mol. The zero-order valence-electron chi connectivity index (χ0n) is 7.13. The van der Waals surface area contributed by atoms with Crippen LogP contribution in [-0.2, 0) is 10.3 Å². The van der Waals surface area contributed by atoms with Crippen molar-refractivity contribution in [2.75, 3.05) is 13.2 Å². The van der Waals surface area contributed by atoms with E-state index in [4.69, 9.17) is 10.5 Å². The molecule has 0 bridgehead atoms. The summed E-state index contributed by atoms with van der Waals surface area (Å²) in [6, 6.07) is 0. The standard InChI is InChI=1S/C8H13N3O/c1-6-4-10-7(11-6)8(9)2-3-12-5-8/h4H,2-3,5,9H2,1H3,(H,10,11). The molecule has 0 radical (unpaired) electrons. The fourth-order valence-electron chi connectivity index (χ4n) is 1.43. The summed E-state index contributed by atoms with van der Waals surface area (Å²) in [5.41, 5.74) is 6.74. The summed E-state index contributed by atoms with van der Waals surface area (Å²) in [6.07, 6.45) is 2.64. The van der Waals surface area contributed by atoms with E-state index >= 15 is 0 Å². The van der Waals surface area contributed by atoms with Gasteiger partial charge in [0.15, 0.2) is 0 Å². The molecule has 0 amide bonds. The number of hydrogen-bond donors (Lipinski definition) is 2. The lowest BCUT2D eigenvalue weighted by Gasteiger charge is -2.18. The molecule has 0 aliphatic carbocycles. The second-order valence-electron chi connectivity index (χ2n) is 3.37. The maximum absolute atomic E-state index is 6.07. The van der Waals surface area contributed by atoms with Gasteiger partial charge in [0.25, 0.3) is 0 Å². The van der Waals surface area contributed by atoms with E-state index in [0.717, 1.165) is 24.5 Å². The number of rotatable bonds is 1. The Kier molecular flexibility index (Phi) is 1.66. The Labute approximate surface area is 71.1 Å². The molecule has 0 saturated carbocycles. The SMILES string of the molecule is Cc1cnc(C2(N)CCOC2)[nH]1. The van der Waals surface area contributed by atoms with Crippen molar-refractivity contribution in [1.29, 1.82) is 0 Å². The smallest absolute Gasteiger partial charge is 0.128 e. The third-order valence-corrected chi connectivity index (χ3v) is 2.23. The minimum absolute atomic E-state index is 0.381. The first-order valence-electron chi connectivity index (χ1n) is 4.09. The Bertz CT molecular complexity index is 276. The van der Waals surface area contributed by atoms with E-state index in [-0.39, 0.29) is 5.54 Å². The fourth-order valence-corrected chi connectivity index (χ4v) is 1.43. The van der Waals surface area contributed by atoms with Gasteiger partial charge in [0.1, 0.15) is 11.4 Å². The molecule has 4 nitrogen and oxygen atoms in total. The van der Waals surface area contributed by atoms with E-state index in [9.17, 15) is 0 Å². The number of nitrogens with one attached hydrogen (secondary N) is 1. The van der Waals surface area contributed by atoms with E-state index in [1.165, 1.54) is 0 Å². The molecule has 0 aromatic carbocycles. The quantitative estimate of drug-likeness (QED) is 0.632. The van der Waals surface area contributed by atoms with Crippen molar-refractivity contribution in [2.45, 2.75) is 18.9 Å². The van der Waals surface area contributed by atoms with Gasteiger partial charge < -0.3 is 15.5 Å². The maximum atomic E-state index is 6.07. The number of imidazole rings is 1. The van der Waals surface area contributed by atoms with Crippen molar-refractivity contribution in [3.63, 3.8) is 0 Å². The molecule has 66 valence electrons. The summed E-state index contributed by atoms with van der Waals surface area (Å²) in [4.78, 5) is 7.35. The summed E-state index contributed by atoms with van der Waals surface area (Å²) in [6.45, 7) is 3.27. The van der Waals surface area contributed by atoms with Crippen LogP contribution in [0.4, 0.5) is 0 Å². The van der Waals surface area contributed by atoms with Gasteiger partial charge in [-0.05, 0) is 13.3 Å². The van der Waals surface area contributed by atoms with Crippen LogP contribution in [0.25, 0.3) is 0 Å². The number of ether oxygens (including phenoxy) is 1. The van der Waals surface area contributed by atoms with Crippen molar-refractivity contribution >= 4 is 0 Å². The maximum Gasteiger partial charge on any atom is 0.128 e. The molecule has 3 N–H and O–H groups in total. The second kappa shape index (κ2) is 2.57. The Morgan fingerprint density at radius 1 is 1.75 bits per heavy atom. The van der Waals surface area contributed by atoms with E-state index in [2.05, 4.69) is 9.97 Å². The summed E-state index contributed by atoms with van der Waals surface area (Å²) in [5.74, 6) is 0.845. The largest absolute Gasteiger partial charge is 0.379 e. The Morgan fingerprint density at radius 2 is 2.58 bits per heavy atom. The molecule has 1 aliphatic rings. The highest BCUT2D eigenvalue weighted by molar-refractivity contribution is 5.11. The minimum Gasteiger partial charge on any atom is -0.379 e. The van der Waals surface area contributed by atoms with Crippen LogP contribution in [0.2, 0.25) is 0 Å². The number of aromatic nitrogens is 2.